The van der Waals surface area contributed by atoms with Crippen LogP contribution in [0.25, 0.3) is 0 Å². The van der Waals surface area contributed by atoms with Crippen LogP contribution in [0.4, 0.5) is 13.2 Å². The molecule has 2 nitrogen and oxygen atoms in total. The third-order valence-electron chi connectivity index (χ3n) is 2.76. The van der Waals surface area contributed by atoms with Gasteiger partial charge in [0, 0.05) is 12.6 Å². The number of hydrogen-bond acceptors (Lipinski definition) is 2. The maximum Gasteiger partial charge on any atom is 0.416 e. The zero-order valence-electron chi connectivity index (χ0n) is 9.26. The normalized spacial score (nSPS) is 21.5. The van der Waals surface area contributed by atoms with Crippen molar-refractivity contribution in [2.45, 2.75) is 18.6 Å². The summed E-state index contributed by atoms with van der Waals surface area (Å²) in [5.74, 6) is 0. The highest BCUT2D eigenvalue weighted by atomic mass is 19.4. The molecule has 0 radical (unpaired) electrons. The molecule has 17 heavy (non-hydrogen) atoms. The quantitative estimate of drug-likeness (QED) is 0.862. The van der Waals surface area contributed by atoms with Gasteiger partial charge in [-0.25, -0.2) is 0 Å². The van der Waals surface area contributed by atoms with E-state index in [-0.39, 0.29) is 6.04 Å². The first-order chi connectivity index (χ1) is 8.05. The Balaban J connectivity index is 1.98. The number of hydrogen-bond donors (Lipinski definition) is 1. The van der Waals surface area contributed by atoms with E-state index in [9.17, 15) is 13.2 Å². The van der Waals surface area contributed by atoms with E-state index in [0.29, 0.717) is 19.6 Å². The van der Waals surface area contributed by atoms with Crippen LogP contribution >= 0.6 is 0 Å². The number of nitrogens with one attached hydrogen (secondary N) is 1. The number of halogens is 3. The second-order valence-corrected chi connectivity index (χ2v) is 4.12. The summed E-state index contributed by atoms with van der Waals surface area (Å²) in [6.45, 7) is 2.11. The lowest BCUT2D eigenvalue weighted by atomic mass is 10.0. The summed E-state index contributed by atoms with van der Waals surface area (Å²) in [5, 5.41) is 3.27. The Morgan fingerprint density at radius 3 is 2.47 bits per heavy atom. The molecule has 0 aromatic heterocycles. The summed E-state index contributed by atoms with van der Waals surface area (Å²) in [7, 11) is 0. The molecule has 1 saturated heterocycles. The summed E-state index contributed by atoms with van der Waals surface area (Å²) in [6.07, 6.45) is -3.57. The fourth-order valence-corrected chi connectivity index (χ4v) is 1.87. The Labute approximate surface area is 97.8 Å². The minimum Gasteiger partial charge on any atom is -0.379 e. The smallest absolute Gasteiger partial charge is 0.379 e. The van der Waals surface area contributed by atoms with Gasteiger partial charge in [-0.05, 0) is 24.1 Å². The van der Waals surface area contributed by atoms with E-state index >= 15 is 0 Å². The van der Waals surface area contributed by atoms with Gasteiger partial charge in [-0.1, -0.05) is 12.1 Å². The van der Waals surface area contributed by atoms with Gasteiger partial charge < -0.3 is 10.1 Å². The van der Waals surface area contributed by atoms with Crippen LogP contribution in [0.15, 0.2) is 24.3 Å². The van der Waals surface area contributed by atoms with Gasteiger partial charge in [0.25, 0.3) is 0 Å². The van der Waals surface area contributed by atoms with Gasteiger partial charge in [-0.2, -0.15) is 13.2 Å². The first-order valence-electron chi connectivity index (χ1n) is 5.53. The van der Waals surface area contributed by atoms with E-state index in [4.69, 9.17) is 4.74 Å². The molecule has 0 amide bonds. The first-order valence-corrected chi connectivity index (χ1v) is 5.53. The molecule has 0 saturated carbocycles. The molecule has 2 rings (SSSR count). The molecule has 0 bridgehead atoms. The fraction of sp³-hybridized carbons (Fsp3) is 0.500. The van der Waals surface area contributed by atoms with E-state index in [1.165, 1.54) is 12.1 Å². The maximum atomic E-state index is 12.3. The molecular weight excluding hydrogens is 231 g/mol. The van der Waals surface area contributed by atoms with Gasteiger partial charge in [0.2, 0.25) is 0 Å². The minimum atomic E-state index is -4.26. The van der Waals surface area contributed by atoms with Gasteiger partial charge in [-0.3, -0.25) is 0 Å². The summed E-state index contributed by atoms with van der Waals surface area (Å²) < 4.78 is 42.3. The topological polar surface area (TPSA) is 21.3 Å². The van der Waals surface area contributed by atoms with Crippen molar-refractivity contribution in [1.82, 2.24) is 5.32 Å². The van der Waals surface area contributed by atoms with Crippen LogP contribution in [0.5, 0.6) is 0 Å². The Kier molecular flexibility index (Phi) is 3.69. The zero-order valence-corrected chi connectivity index (χ0v) is 9.26. The van der Waals surface area contributed by atoms with Gasteiger partial charge in [0.1, 0.15) is 0 Å². The lowest BCUT2D eigenvalue weighted by Crippen LogP contribution is -2.42. The third kappa shape index (κ3) is 3.44. The highest BCUT2D eigenvalue weighted by molar-refractivity contribution is 5.25. The van der Waals surface area contributed by atoms with Crippen LogP contribution in [-0.4, -0.2) is 25.8 Å². The monoisotopic (exact) mass is 245 g/mol. The van der Waals surface area contributed by atoms with Crippen molar-refractivity contribution in [3.8, 4) is 0 Å². The van der Waals surface area contributed by atoms with E-state index in [0.717, 1.165) is 24.2 Å². The lowest BCUT2D eigenvalue weighted by molar-refractivity contribution is -0.137. The summed E-state index contributed by atoms with van der Waals surface area (Å²) >= 11 is 0. The molecule has 1 atom stereocenters. The van der Waals surface area contributed by atoms with Crippen molar-refractivity contribution in [2.24, 2.45) is 0 Å². The van der Waals surface area contributed by atoms with Gasteiger partial charge in [0.15, 0.2) is 0 Å². The van der Waals surface area contributed by atoms with Gasteiger partial charge in [-0.15, -0.1) is 0 Å². The molecule has 1 aromatic rings. The second kappa shape index (κ2) is 5.06. The Morgan fingerprint density at radius 2 is 1.94 bits per heavy atom. The minimum absolute atomic E-state index is 0.195. The largest absolute Gasteiger partial charge is 0.416 e. The number of rotatable bonds is 2. The molecule has 94 valence electrons. The number of benzene rings is 1. The average molecular weight is 245 g/mol. The van der Waals surface area contributed by atoms with E-state index in [2.05, 4.69) is 5.32 Å². The Bertz CT molecular complexity index is 355. The zero-order chi connectivity index (χ0) is 12.3. The van der Waals surface area contributed by atoms with Crippen LogP contribution in [0.3, 0.4) is 0 Å². The van der Waals surface area contributed by atoms with Crippen molar-refractivity contribution in [2.75, 3.05) is 19.8 Å². The molecule has 1 N–H and O–H groups in total. The molecular formula is C12H14F3NO. The number of alkyl halides is 3. The fourth-order valence-electron chi connectivity index (χ4n) is 1.87. The van der Waals surface area contributed by atoms with E-state index < -0.39 is 11.7 Å². The van der Waals surface area contributed by atoms with Crippen molar-refractivity contribution in [3.63, 3.8) is 0 Å². The number of ether oxygens (including phenoxy) is 1. The Hall–Kier alpha value is -1.07. The highest BCUT2D eigenvalue weighted by Gasteiger charge is 2.30. The molecule has 0 unspecified atom stereocenters. The molecule has 1 aliphatic heterocycles. The predicted octanol–water partition coefficient (Wildman–Crippen LogP) is 2.24. The first kappa shape index (κ1) is 12.4. The van der Waals surface area contributed by atoms with Crippen LogP contribution in [0.2, 0.25) is 0 Å². The van der Waals surface area contributed by atoms with Crippen LogP contribution in [-0.2, 0) is 17.3 Å². The molecule has 0 spiro atoms. The van der Waals surface area contributed by atoms with Crippen LogP contribution in [0, 0.1) is 0 Å². The molecule has 1 heterocycles. The highest BCUT2D eigenvalue weighted by Crippen LogP contribution is 2.29. The van der Waals surface area contributed by atoms with E-state index in [1.807, 2.05) is 0 Å². The summed E-state index contributed by atoms with van der Waals surface area (Å²) in [6, 6.07) is 5.50. The van der Waals surface area contributed by atoms with Crippen molar-refractivity contribution in [3.05, 3.63) is 35.4 Å². The van der Waals surface area contributed by atoms with Gasteiger partial charge >= 0.3 is 6.18 Å². The lowest BCUT2D eigenvalue weighted by Gasteiger charge is -2.23. The maximum absolute atomic E-state index is 12.3. The van der Waals surface area contributed by atoms with Crippen molar-refractivity contribution >= 4 is 0 Å². The summed E-state index contributed by atoms with van der Waals surface area (Å²) in [5.41, 5.74) is 0.287. The predicted molar refractivity (Wildman–Crippen MR) is 57.8 cm³/mol. The SMILES string of the molecule is FC(F)(F)c1ccc(C[C@@H]2COCCN2)cc1. The molecule has 0 aliphatic carbocycles. The molecule has 1 aliphatic rings. The van der Waals surface area contributed by atoms with Crippen molar-refractivity contribution < 1.29 is 17.9 Å². The van der Waals surface area contributed by atoms with E-state index in [1.54, 1.807) is 0 Å². The third-order valence-corrected chi connectivity index (χ3v) is 2.76. The summed E-state index contributed by atoms with van der Waals surface area (Å²) in [4.78, 5) is 0. The average Bonchev–Trinajstić information content (AvgIpc) is 2.30. The standard InChI is InChI=1S/C12H14F3NO/c13-12(14,15)10-3-1-9(2-4-10)7-11-8-17-6-5-16-11/h1-4,11,16H,5-8H2/t11-/m1/s1. The Morgan fingerprint density at radius 1 is 1.24 bits per heavy atom. The van der Waals surface area contributed by atoms with Gasteiger partial charge in [0.05, 0.1) is 18.8 Å². The second-order valence-electron chi connectivity index (χ2n) is 4.12. The van der Waals surface area contributed by atoms with Crippen LogP contribution < -0.4 is 5.32 Å². The van der Waals surface area contributed by atoms with Crippen molar-refractivity contribution in [1.29, 1.82) is 0 Å². The molecule has 5 heteroatoms. The molecule has 1 fully saturated rings. The van der Waals surface area contributed by atoms with Crippen LogP contribution in [0.1, 0.15) is 11.1 Å². The number of morpholine rings is 1. The molecule has 1 aromatic carbocycles.